The van der Waals surface area contributed by atoms with Gasteiger partial charge in [-0.15, -0.1) is 0 Å². The molecule has 2 heterocycles. The van der Waals surface area contributed by atoms with Gasteiger partial charge in [-0.3, -0.25) is 15.0 Å². The molecule has 0 aliphatic heterocycles. The van der Waals surface area contributed by atoms with E-state index in [1.807, 2.05) is 48.8 Å². The second-order valence-corrected chi connectivity index (χ2v) is 9.12. The molecule has 0 radical (unpaired) electrons. The van der Waals surface area contributed by atoms with Gasteiger partial charge in [0.05, 0.1) is 16.7 Å². The fraction of sp³-hybridized carbons (Fsp3) is 0.0606. The number of aromatic nitrogens is 2. The van der Waals surface area contributed by atoms with Crippen LogP contribution in [0.4, 0.5) is 5.69 Å². The summed E-state index contributed by atoms with van der Waals surface area (Å²) in [7, 11) is 0. The molecule has 172 valence electrons. The first kappa shape index (κ1) is 21.9. The number of aryl methyl sites for hydroxylation is 1. The monoisotopic (exact) mass is 463 g/mol. The third-order valence-corrected chi connectivity index (χ3v) is 6.60. The van der Waals surface area contributed by atoms with E-state index in [9.17, 15) is 0 Å². The smallest absolute Gasteiger partial charge is 0.0702 e. The lowest BCUT2D eigenvalue weighted by Crippen LogP contribution is -1.97. The summed E-state index contributed by atoms with van der Waals surface area (Å²) in [6.07, 6.45) is 3.91. The summed E-state index contributed by atoms with van der Waals surface area (Å²) >= 11 is 0. The summed E-state index contributed by atoms with van der Waals surface area (Å²) in [6.45, 7) is 4.17. The first-order chi connectivity index (χ1) is 17.6. The number of benzene rings is 4. The van der Waals surface area contributed by atoms with Crippen LogP contribution in [0.25, 0.3) is 44.1 Å². The number of hydrogen-bond donors (Lipinski definition) is 0. The Morgan fingerprint density at radius 1 is 0.583 bits per heavy atom. The Morgan fingerprint density at radius 3 is 1.69 bits per heavy atom. The third-order valence-electron chi connectivity index (χ3n) is 6.60. The van der Waals surface area contributed by atoms with Crippen molar-refractivity contribution < 1.29 is 0 Å². The molecule has 3 nitrogen and oxygen atoms in total. The van der Waals surface area contributed by atoms with Gasteiger partial charge >= 0.3 is 0 Å². The van der Waals surface area contributed by atoms with Gasteiger partial charge in [-0.25, -0.2) is 0 Å². The van der Waals surface area contributed by atoms with Gasteiger partial charge in [0, 0.05) is 40.0 Å². The van der Waals surface area contributed by atoms with Crippen molar-refractivity contribution in [3.8, 4) is 22.3 Å². The highest BCUT2D eigenvalue weighted by Crippen LogP contribution is 2.31. The molecule has 0 saturated carbocycles. The van der Waals surface area contributed by atoms with Crippen molar-refractivity contribution in [1.82, 2.24) is 9.97 Å². The Bertz CT molecular complexity index is 1670. The van der Waals surface area contributed by atoms with E-state index in [1.54, 1.807) is 0 Å². The van der Waals surface area contributed by atoms with Crippen LogP contribution >= 0.6 is 0 Å². The highest BCUT2D eigenvalue weighted by Gasteiger charge is 2.10. The summed E-state index contributed by atoms with van der Waals surface area (Å²) in [5.41, 5.74) is 10.5. The van der Waals surface area contributed by atoms with Crippen LogP contribution in [0.15, 0.2) is 121 Å². The second kappa shape index (κ2) is 9.20. The van der Waals surface area contributed by atoms with Crippen molar-refractivity contribution in [3.63, 3.8) is 0 Å². The Kier molecular flexibility index (Phi) is 5.59. The van der Waals surface area contributed by atoms with E-state index in [0.717, 1.165) is 66.6 Å². The number of fused-ring (bicyclic) bond motifs is 2. The van der Waals surface area contributed by atoms with E-state index < -0.39 is 0 Å². The predicted molar refractivity (Wildman–Crippen MR) is 151 cm³/mol. The molecule has 0 bridgehead atoms. The largest absolute Gasteiger partial charge is 0.256 e. The summed E-state index contributed by atoms with van der Waals surface area (Å²) in [5.74, 6) is 0. The summed E-state index contributed by atoms with van der Waals surface area (Å²) in [5, 5.41) is 2.25. The van der Waals surface area contributed by atoms with E-state index >= 15 is 0 Å². The van der Waals surface area contributed by atoms with E-state index in [2.05, 4.69) is 80.6 Å². The highest BCUT2D eigenvalue weighted by atomic mass is 14.7. The number of aliphatic imine (C=N–C) groups is 1. The average Bonchev–Trinajstić information content (AvgIpc) is 2.93. The van der Waals surface area contributed by atoms with E-state index in [-0.39, 0.29) is 0 Å². The van der Waals surface area contributed by atoms with Crippen LogP contribution < -0.4 is 0 Å². The number of rotatable bonds is 4. The topological polar surface area (TPSA) is 38.1 Å². The Labute approximate surface area is 210 Å². The molecule has 0 spiro atoms. The maximum absolute atomic E-state index is 4.98. The molecule has 6 rings (SSSR count). The molecule has 0 unspecified atom stereocenters. The van der Waals surface area contributed by atoms with Gasteiger partial charge in [0.15, 0.2) is 0 Å². The van der Waals surface area contributed by atoms with Crippen LogP contribution in [0.1, 0.15) is 18.1 Å². The number of nitrogens with zero attached hydrogens (tertiary/aromatic N) is 3. The maximum Gasteiger partial charge on any atom is 0.0702 e. The molecule has 4 aromatic carbocycles. The Morgan fingerprint density at radius 2 is 1.11 bits per heavy atom. The van der Waals surface area contributed by atoms with Gasteiger partial charge in [-0.2, -0.15) is 0 Å². The quantitative estimate of drug-likeness (QED) is 0.246. The van der Waals surface area contributed by atoms with Gasteiger partial charge in [-0.05, 0) is 84.6 Å². The lowest BCUT2D eigenvalue weighted by Gasteiger charge is -2.12. The Balaban J connectivity index is 1.53. The zero-order valence-corrected chi connectivity index (χ0v) is 20.3. The zero-order chi connectivity index (χ0) is 24.5. The molecule has 0 atom stereocenters. The first-order valence-corrected chi connectivity index (χ1v) is 12.1. The lowest BCUT2D eigenvalue weighted by molar-refractivity contribution is 1.38. The molecule has 0 saturated heterocycles. The molecule has 0 fully saturated rings. The molecule has 36 heavy (non-hydrogen) atoms. The predicted octanol–water partition coefficient (Wildman–Crippen LogP) is 8.57. The molecule has 0 amide bonds. The minimum Gasteiger partial charge on any atom is -0.256 e. The minimum absolute atomic E-state index is 0.967. The molecular weight excluding hydrogens is 438 g/mol. The molecular formula is C33H25N3. The summed E-state index contributed by atoms with van der Waals surface area (Å²) in [6, 6.07) is 35.7. The third kappa shape index (κ3) is 4.27. The molecule has 0 aliphatic carbocycles. The fourth-order valence-electron chi connectivity index (χ4n) is 4.56. The molecule has 0 aliphatic rings. The van der Waals surface area contributed by atoms with Crippen molar-refractivity contribution in [2.75, 3.05) is 0 Å². The van der Waals surface area contributed by atoms with Crippen molar-refractivity contribution >= 4 is 33.2 Å². The van der Waals surface area contributed by atoms with Crippen LogP contribution in [0, 0.1) is 6.92 Å². The van der Waals surface area contributed by atoms with Crippen LogP contribution in [0.2, 0.25) is 0 Å². The number of pyridine rings is 2. The van der Waals surface area contributed by atoms with E-state index in [1.165, 1.54) is 0 Å². The minimum atomic E-state index is 0.967. The standard InChI is InChI=1S/C33H25N3/c1-22-9-3-6-12-31(22)36-23(2)26-17-27(29-15-24-10-4-7-13-32(24)34-20-29)19-28(18-26)30-16-25-11-5-8-14-33(25)35-21-30/h3-21H,1-2H3/b36-23+. The number of para-hydroxylation sites is 3. The zero-order valence-electron chi connectivity index (χ0n) is 20.3. The van der Waals surface area contributed by atoms with Gasteiger partial charge in [0.25, 0.3) is 0 Å². The van der Waals surface area contributed by atoms with Crippen molar-refractivity contribution in [1.29, 1.82) is 0 Å². The van der Waals surface area contributed by atoms with Gasteiger partial charge in [0.1, 0.15) is 0 Å². The van der Waals surface area contributed by atoms with E-state index in [4.69, 9.17) is 15.0 Å². The van der Waals surface area contributed by atoms with Crippen molar-refractivity contribution in [2.45, 2.75) is 13.8 Å². The summed E-state index contributed by atoms with van der Waals surface area (Å²) < 4.78 is 0. The van der Waals surface area contributed by atoms with Crippen LogP contribution in [0.3, 0.4) is 0 Å². The molecule has 0 N–H and O–H groups in total. The van der Waals surface area contributed by atoms with Crippen LogP contribution in [-0.4, -0.2) is 15.7 Å². The van der Waals surface area contributed by atoms with Crippen molar-refractivity contribution in [3.05, 3.63) is 127 Å². The second-order valence-electron chi connectivity index (χ2n) is 9.12. The lowest BCUT2D eigenvalue weighted by atomic mass is 9.95. The SMILES string of the molecule is C/C(=N\c1ccccc1C)c1cc(-c2cnc3ccccc3c2)cc(-c2cnc3ccccc3c2)c1. The normalized spacial score (nSPS) is 11.8. The number of hydrogen-bond acceptors (Lipinski definition) is 3. The van der Waals surface area contributed by atoms with Gasteiger partial charge in [-0.1, -0.05) is 54.6 Å². The average molecular weight is 464 g/mol. The summed E-state index contributed by atoms with van der Waals surface area (Å²) in [4.78, 5) is 14.4. The first-order valence-electron chi connectivity index (χ1n) is 12.1. The van der Waals surface area contributed by atoms with Crippen molar-refractivity contribution in [2.24, 2.45) is 4.99 Å². The maximum atomic E-state index is 4.98. The fourth-order valence-corrected chi connectivity index (χ4v) is 4.56. The highest BCUT2D eigenvalue weighted by molar-refractivity contribution is 6.03. The molecule has 3 heteroatoms. The van der Waals surface area contributed by atoms with Crippen LogP contribution in [0.5, 0.6) is 0 Å². The van der Waals surface area contributed by atoms with Crippen LogP contribution in [-0.2, 0) is 0 Å². The molecule has 2 aromatic heterocycles. The van der Waals surface area contributed by atoms with Gasteiger partial charge < -0.3 is 0 Å². The Hall–Kier alpha value is -4.63. The molecule has 6 aromatic rings. The van der Waals surface area contributed by atoms with Gasteiger partial charge in [0.2, 0.25) is 0 Å². The van der Waals surface area contributed by atoms with E-state index in [0.29, 0.717) is 0 Å².